The minimum absolute atomic E-state index is 0.0200. The Morgan fingerprint density at radius 3 is 2.52 bits per heavy atom. The van der Waals surface area contributed by atoms with Gasteiger partial charge < -0.3 is 14.8 Å². The summed E-state index contributed by atoms with van der Waals surface area (Å²) in [4.78, 5) is 35.8. The highest BCUT2D eigenvalue weighted by Gasteiger charge is 2.19. The Balaban J connectivity index is 2.21. The van der Waals surface area contributed by atoms with Crippen LogP contribution in [0.15, 0.2) is 36.4 Å². The van der Waals surface area contributed by atoms with Gasteiger partial charge in [0.05, 0.1) is 15.6 Å². The van der Waals surface area contributed by atoms with Gasteiger partial charge >= 0.3 is 6.09 Å². The van der Waals surface area contributed by atoms with Gasteiger partial charge in [0.15, 0.2) is 6.73 Å². The first kappa shape index (κ1) is 20.8. The summed E-state index contributed by atoms with van der Waals surface area (Å²) in [5.41, 5.74) is 0.412. The van der Waals surface area contributed by atoms with Crippen molar-refractivity contribution in [3.63, 3.8) is 0 Å². The Kier molecular flexibility index (Phi) is 7.29. The summed E-state index contributed by atoms with van der Waals surface area (Å²) >= 11 is 17.7. The molecule has 0 saturated carbocycles. The number of hydrogen-bond acceptors (Lipinski definition) is 5. The number of benzene rings is 2. The average molecular weight is 432 g/mol. The van der Waals surface area contributed by atoms with Gasteiger partial charge in [0, 0.05) is 17.8 Å². The lowest BCUT2D eigenvalue weighted by molar-refractivity contribution is -0.131. The molecule has 2 aromatic carbocycles. The Labute approximate surface area is 169 Å². The molecule has 2 rings (SSSR count). The standard InChI is InChI=1S/C17H13Cl3N2O5/c1-22(8-26-9-23)17(25)27-15-5-2-10(18)6-12(15)16(24)21-11-3-4-13(19)14(20)7-11/h2-7,9H,8H2,1H3,(H,21,24). The fraction of sp³-hybridized carbons (Fsp3) is 0.118. The number of amides is 2. The van der Waals surface area contributed by atoms with E-state index in [1.165, 1.54) is 37.4 Å². The van der Waals surface area contributed by atoms with Crippen LogP contribution in [0.3, 0.4) is 0 Å². The van der Waals surface area contributed by atoms with E-state index in [2.05, 4.69) is 10.1 Å². The summed E-state index contributed by atoms with van der Waals surface area (Å²) in [6, 6.07) is 8.75. The van der Waals surface area contributed by atoms with Crippen molar-refractivity contribution in [1.29, 1.82) is 0 Å². The maximum atomic E-state index is 12.6. The lowest BCUT2D eigenvalue weighted by Gasteiger charge is -2.17. The number of carbonyl (C=O) groups excluding carboxylic acids is 3. The van der Waals surface area contributed by atoms with E-state index in [1.54, 1.807) is 6.07 Å². The molecule has 0 spiro atoms. The van der Waals surface area contributed by atoms with Crippen LogP contribution < -0.4 is 10.1 Å². The van der Waals surface area contributed by atoms with E-state index in [0.717, 1.165) is 4.90 Å². The molecule has 0 aromatic heterocycles. The predicted molar refractivity (Wildman–Crippen MR) is 102 cm³/mol. The molecule has 0 aliphatic carbocycles. The maximum absolute atomic E-state index is 12.6. The third-order valence-electron chi connectivity index (χ3n) is 3.21. The van der Waals surface area contributed by atoms with Gasteiger partial charge in [-0.2, -0.15) is 0 Å². The molecule has 1 N–H and O–H groups in total. The summed E-state index contributed by atoms with van der Waals surface area (Å²) in [5.74, 6) is -0.606. The summed E-state index contributed by atoms with van der Waals surface area (Å²) in [6.07, 6.45) is -0.831. The molecule has 27 heavy (non-hydrogen) atoms. The second-order valence-electron chi connectivity index (χ2n) is 5.18. The van der Waals surface area contributed by atoms with Crippen molar-refractivity contribution in [3.05, 3.63) is 57.0 Å². The Hall–Kier alpha value is -2.48. The smallest absolute Gasteiger partial charge is 0.417 e. The molecular formula is C17H13Cl3N2O5. The molecule has 0 fully saturated rings. The highest BCUT2D eigenvalue weighted by Crippen LogP contribution is 2.27. The second-order valence-corrected chi connectivity index (χ2v) is 6.43. The molecule has 0 bridgehead atoms. The van der Waals surface area contributed by atoms with Crippen LogP contribution >= 0.6 is 34.8 Å². The Bertz CT molecular complexity index is 876. The van der Waals surface area contributed by atoms with Gasteiger partial charge in [-0.15, -0.1) is 0 Å². The van der Waals surface area contributed by atoms with Crippen molar-refractivity contribution in [2.24, 2.45) is 0 Å². The number of anilines is 1. The third kappa shape index (κ3) is 5.75. The molecule has 2 amide bonds. The minimum Gasteiger partial charge on any atom is -0.446 e. The Morgan fingerprint density at radius 2 is 1.85 bits per heavy atom. The molecule has 0 radical (unpaired) electrons. The second kappa shape index (κ2) is 9.45. The van der Waals surface area contributed by atoms with Crippen LogP contribution in [0, 0.1) is 0 Å². The van der Waals surface area contributed by atoms with Gasteiger partial charge in [0.25, 0.3) is 12.4 Å². The van der Waals surface area contributed by atoms with Gasteiger partial charge in [-0.3, -0.25) is 14.5 Å². The van der Waals surface area contributed by atoms with Crippen LogP contribution in [0.25, 0.3) is 0 Å². The maximum Gasteiger partial charge on any atom is 0.417 e. The molecule has 2 aromatic rings. The number of ether oxygens (including phenoxy) is 2. The van der Waals surface area contributed by atoms with Crippen molar-refractivity contribution in [1.82, 2.24) is 4.90 Å². The molecule has 0 heterocycles. The zero-order chi connectivity index (χ0) is 20.0. The van der Waals surface area contributed by atoms with E-state index in [-0.39, 0.29) is 34.6 Å². The number of halogens is 3. The average Bonchev–Trinajstić information content (AvgIpc) is 2.64. The van der Waals surface area contributed by atoms with Crippen LogP contribution in [0.1, 0.15) is 10.4 Å². The lowest BCUT2D eigenvalue weighted by Crippen LogP contribution is -2.32. The highest BCUT2D eigenvalue weighted by atomic mass is 35.5. The monoisotopic (exact) mass is 430 g/mol. The molecule has 0 aliphatic heterocycles. The fourth-order valence-corrected chi connectivity index (χ4v) is 2.38. The minimum atomic E-state index is -0.831. The first-order valence-electron chi connectivity index (χ1n) is 7.36. The van der Waals surface area contributed by atoms with Crippen LogP contribution in [0.5, 0.6) is 5.75 Å². The van der Waals surface area contributed by atoms with E-state index in [9.17, 15) is 14.4 Å². The van der Waals surface area contributed by atoms with Gasteiger partial charge in [0.1, 0.15) is 5.75 Å². The van der Waals surface area contributed by atoms with Crippen LogP contribution in [0.4, 0.5) is 10.5 Å². The number of nitrogens with zero attached hydrogens (tertiary/aromatic N) is 1. The SMILES string of the molecule is CN(COC=O)C(=O)Oc1ccc(Cl)cc1C(=O)Nc1ccc(Cl)c(Cl)c1. The van der Waals surface area contributed by atoms with E-state index in [1.807, 2.05) is 0 Å². The number of nitrogens with one attached hydrogen (secondary N) is 1. The van der Waals surface area contributed by atoms with Crippen molar-refractivity contribution in [3.8, 4) is 5.75 Å². The van der Waals surface area contributed by atoms with E-state index < -0.39 is 12.0 Å². The lowest BCUT2D eigenvalue weighted by atomic mass is 10.2. The first-order valence-corrected chi connectivity index (χ1v) is 8.49. The topological polar surface area (TPSA) is 84.9 Å². The Morgan fingerprint density at radius 1 is 1.11 bits per heavy atom. The zero-order valence-corrected chi connectivity index (χ0v) is 16.1. The molecule has 0 saturated heterocycles. The quantitative estimate of drug-likeness (QED) is 0.539. The molecule has 0 unspecified atom stereocenters. The van der Waals surface area contributed by atoms with Gasteiger partial charge in [0.2, 0.25) is 0 Å². The molecule has 142 valence electrons. The van der Waals surface area contributed by atoms with E-state index in [0.29, 0.717) is 10.7 Å². The summed E-state index contributed by atoms with van der Waals surface area (Å²) in [7, 11) is 1.36. The normalized spacial score (nSPS) is 10.1. The van der Waals surface area contributed by atoms with E-state index in [4.69, 9.17) is 39.5 Å². The summed E-state index contributed by atoms with van der Waals surface area (Å²) in [6.45, 7) is -0.108. The molecule has 0 atom stereocenters. The van der Waals surface area contributed by atoms with Crippen molar-refractivity contribution >= 4 is 59.0 Å². The number of hydrogen-bond donors (Lipinski definition) is 1. The fourth-order valence-electron chi connectivity index (χ4n) is 1.91. The molecular weight excluding hydrogens is 419 g/mol. The van der Waals surface area contributed by atoms with Crippen molar-refractivity contribution in [2.75, 3.05) is 19.1 Å². The number of carbonyl (C=O) groups is 3. The van der Waals surface area contributed by atoms with Crippen LogP contribution in [0.2, 0.25) is 15.1 Å². The largest absolute Gasteiger partial charge is 0.446 e. The van der Waals surface area contributed by atoms with Gasteiger partial charge in [-0.25, -0.2) is 4.79 Å². The van der Waals surface area contributed by atoms with Crippen molar-refractivity contribution in [2.45, 2.75) is 0 Å². The molecule has 10 heteroatoms. The third-order valence-corrected chi connectivity index (χ3v) is 4.18. The summed E-state index contributed by atoms with van der Waals surface area (Å²) < 4.78 is 9.66. The molecule has 7 nitrogen and oxygen atoms in total. The van der Waals surface area contributed by atoms with Crippen LogP contribution in [-0.2, 0) is 9.53 Å². The van der Waals surface area contributed by atoms with Crippen LogP contribution in [-0.4, -0.2) is 37.2 Å². The van der Waals surface area contributed by atoms with Gasteiger partial charge in [-0.05, 0) is 36.4 Å². The highest BCUT2D eigenvalue weighted by molar-refractivity contribution is 6.42. The number of rotatable bonds is 6. The molecule has 0 aliphatic rings. The van der Waals surface area contributed by atoms with Crippen molar-refractivity contribution < 1.29 is 23.9 Å². The van der Waals surface area contributed by atoms with E-state index >= 15 is 0 Å². The predicted octanol–water partition coefficient (Wildman–Crippen LogP) is 4.46. The first-order chi connectivity index (χ1) is 12.8. The van der Waals surface area contributed by atoms with Gasteiger partial charge in [-0.1, -0.05) is 34.8 Å². The summed E-state index contributed by atoms with van der Waals surface area (Å²) in [5, 5.41) is 3.49. The zero-order valence-electron chi connectivity index (χ0n) is 13.9.